The SMILES string of the molecule is Cc1ccccc1[C@H]1C[C@H]1C(=O)NCCc1nc(-c2ccco2)n[nH]1. The number of aromatic nitrogens is 3. The molecule has 1 aliphatic carbocycles. The normalized spacial score (nSPS) is 18.9. The lowest BCUT2D eigenvalue weighted by molar-refractivity contribution is -0.122. The van der Waals surface area contributed by atoms with Crippen molar-refractivity contribution in [1.29, 1.82) is 0 Å². The quantitative estimate of drug-likeness (QED) is 0.725. The fraction of sp³-hybridized carbons (Fsp3) is 0.316. The number of amides is 1. The third-order valence-electron chi connectivity index (χ3n) is 4.65. The van der Waals surface area contributed by atoms with Crippen LogP contribution in [-0.2, 0) is 11.2 Å². The monoisotopic (exact) mass is 336 g/mol. The summed E-state index contributed by atoms with van der Waals surface area (Å²) < 4.78 is 5.26. The van der Waals surface area contributed by atoms with Crippen molar-refractivity contribution in [2.45, 2.75) is 25.7 Å². The molecule has 0 spiro atoms. The summed E-state index contributed by atoms with van der Waals surface area (Å²) in [5.74, 6) is 2.47. The molecule has 6 heteroatoms. The van der Waals surface area contributed by atoms with Gasteiger partial charge in [0.15, 0.2) is 5.76 Å². The predicted molar refractivity (Wildman–Crippen MR) is 92.8 cm³/mol. The van der Waals surface area contributed by atoms with Crippen LogP contribution in [0.5, 0.6) is 0 Å². The van der Waals surface area contributed by atoms with E-state index in [1.807, 2.05) is 18.2 Å². The van der Waals surface area contributed by atoms with Crippen LogP contribution in [0.2, 0.25) is 0 Å². The van der Waals surface area contributed by atoms with Crippen LogP contribution < -0.4 is 5.32 Å². The Kier molecular flexibility index (Phi) is 4.09. The number of nitrogens with one attached hydrogen (secondary N) is 2. The molecule has 0 unspecified atom stereocenters. The molecule has 2 aromatic heterocycles. The molecular formula is C19H20N4O2. The second-order valence-electron chi connectivity index (χ2n) is 6.43. The molecule has 25 heavy (non-hydrogen) atoms. The van der Waals surface area contributed by atoms with Gasteiger partial charge in [0.25, 0.3) is 0 Å². The summed E-state index contributed by atoms with van der Waals surface area (Å²) in [7, 11) is 0. The van der Waals surface area contributed by atoms with Gasteiger partial charge in [-0.25, -0.2) is 4.98 Å². The van der Waals surface area contributed by atoms with Gasteiger partial charge in [0.2, 0.25) is 11.7 Å². The number of H-pyrrole nitrogens is 1. The van der Waals surface area contributed by atoms with E-state index >= 15 is 0 Å². The van der Waals surface area contributed by atoms with Crippen LogP contribution in [0.15, 0.2) is 47.1 Å². The number of hydrogen-bond donors (Lipinski definition) is 2. The lowest BCUT2D eigenvalue weighted by Gasteiger charge is -2.06. The van der Waals surface area contributed by atoms with Crippen molar-refractivity contribution in [2.75, 3.05) is 6.54 Å². The van der Waals surface area contributed by atoms with E-state index in [1.165, 1.54) is 11.1 Å². The standard InChI is InChI=1S/C19H20N4O2/c1-12-5-2-3-6-13(12)14-11-15(14)19(24)20-9-8-17-21-18(23-22-17)16-7-4-10-25-16/h2-7,10,14-15H,8-9,11H2,1H3,(H,20,24)(H,21,22,23)/t14-,15-/m1/s1. The highest BCUT2D eigenvalue weighted by Crippen LogP contribution is 2.48. The first-order chi connectivity index (χ1) is 12.2. The first-order valence-electron chi connectivity index (χ1n) is 8.51. The average molecular weight is 336 g/mol. The van der Waals surface area contributed by atoms with Gasteiger partial charge in [-0.3, -0.25) is 9.89 Å². The zero-order valence-electron chi connectivity index (χ0n) is 14.0. The predicted octanol–water partition coefficient (Wildman–Crippen LogP) is 2.84. The van der Waals surface area contributed by atoms with Gasteiger partial charge in [-0.1, -0.05) is 24.3 Å². The topological polar surface area (TPSA) is 83.8 Å². The Balaban J connectivity index is 1.27. The molecule has 2 N–H and O–H groups in total. The molecule has 128 valence electrons. The summed E-state index contributed by atoms with van der Waals surface area (Å²) in [6, 6.07) is 11.9. The molecule has 2 atom stereocenters. The van der Waals surface area contributed by atoms with Crippen molar-refractivity contribution in [2.24, 2.45) is 5.92 Å². The lowest BCUT2D eigenvalue weighted by Crippen LogP contribution is -2.27. The second-order valence-corrected chi connectivity index (χ2v) is 6.43. The Hall–Kier alpha value is -2.89. The van der Waals surface area contributed by atoms with E-state index in [2.05, 4.69) is 39.6 Å². The van der Waals surface area contributed by atoms with E-state index in [9.17, 15) is 4.79 Å². The average Bonchev–Trinajstić information content (AvgIpc) is 3.00. The maximum absolute atomic E-state index is 12.3. The highest BCUT2D eigenvalue weighted by molar-refractivity contribution is 5.83. The molecule has 2 heterocycles. The minimum absolute atomic E-state index is 0.0921. The molecule has 1 aliphatic rings. The molecule has 4 rings (SSSR count). The highest BCUT2D eigenvalue weighted by Gasteiger charge is 2.44. The molecule has 1 aromatic carbocycles. The minimum atomic E-state index is 0.0921. The number of furan rings is 1. The number of aromatic amines is 1. The van der Waals surface area contributed by atoms with Crippen LogP contribution in [0.4, 0.5) is 0 Å². The molecule has 0 saturated heterocycles. The van der Waals surface area contributed by atoms with Crippen molar-refractivity contribution < 1.29 is 9.21 Å². The smallest absolute Gasteiger partial charge is 0.223 e. The molecule has 0 radical (unpaired) electrons. The summed E-state index contributed by atoms with van der Waals surface area (Å²) in [6.45, 7) is 2.64. The van der Waals surface area contributed by atoms with Crippen LogP contribution in [-0.4, -0.2) is 27.6 Å². The van der Waals surface area contributed by atoms with Crippen molar-refractivity contribution in [3.8, 4) is 11.6 Å². The Morgan fingerprint density at radius 3 is 3.00 bits per heavy atom. The molecule has 1 amide bonds. The first-order valence-corrected chi connectivity index (χ1v) is 8.51. The van der Waals surface area contributed by atoms with Crippen molar-refractivity contribution in [1.82, 2.24) is 20.5 Å². The highest BCUT2D eigenvalue weighted by atomic mass is 16.3. The number of rotatable bonds is 6. The van der Waals surface area contributed by atoms with Gasteiger partial charge in [0.1, 0.15) is 5.82 Å². The van der Waals surface area contributed by atoms with E-state index in [1.54, 1.807) is 12.3 Å². The van der Waals surface area contributed by atoms with Gasteiger partial charge in [0, 0.05) is 18.9 Å². The van der Waals surface area contributed by atoms with Crippen LogP contribution >= 0.6 is 0 Å². The van der Waals surface area contributed by atoms with Crippen LogP contribution in [0.25, 0.3) is 11.6 Å². The number of carbonyl (C=O) groups is 1. The van der Waals surface area contributed by atoms with Gasteiger partial charge in [-0.15, -0.1) is 0 Å². The molecule has 0 aliphatic heterocycles. The lowest BCUT2D eigenvalue weighted by atomic mass is 10.0. The van der Waals surface area contributed by atoms with Gasteiger partial charge < -0.3 is 9.73 Å². The zero-order valence-corrected chi connectivity index (χ0v) is 14.0. The summed E-state index contributed by atoms with van der Waals surface area (Å²) >= 11 is 0. The zero-order chi connectivity index (χ0) is 17.2. The van der Waals surface area contributed by atoms with Gasteiger partial charge in [-0.05, 0) is 42.5 Å². The maximum Gasteiger partial charge on any atom is 0.223 e. The molecule has 1 saturated carbocycles. The Labute approximate surface area is 145 Å². The van der Waals surface area contributed by atoms with Crippen LogP contribution in [0.1, 0.15) is 29.3 Å². The third kappa shape index (κ3) is 3.33. The number of benzene rings is 1. The van der Waals surface area contributed by atoms with Gasteiger partial charge >= 0.3 is 0 Å². The second kappa shape index (κ2) is 6.55. The van der Waals surface area contributed by atoms with Crippen LogP contribution in [0.3, 0.4) is 0 Å². The summed E-state index contributed by atoms with van der Waals surface area (Å²) in [4.78, 5) is 16.7. The summed E-state index contributed by atoms with van der Waals surface area (Å²) in [5.41, 5.74) is 2.55. The molecule has 1 fully saturated rings. The summed E-state index contributed by atoms with van der Waals surface area (Å²) in [5, 5.41) is 10.0. The first kappa shape index (κ1) is 15.6. The molecule has 3 aromatic rings. The number of nitrogens with zero attached hydrogens (tertiary/aromatic N) is 2. The van der Waals surface area contributed by atoms with E-state index in [0.29, 0.717) is 30.5 Å². The number of carbonyl (C=O) groups excluding carboxylic acids is 1. The minimum Gasteiger partial charge on any atom is -0.461 e. The molecule has 6 nitrogen and oxygen atoms in total. The van der Waals surface area contributed by atoms with E-state index in [4.69, 9.17) is 4.42 Å². The molecule has 0 bridgehead atoms. The fourth-order valence-electron chi connectivity index (χ4n) is 3.19. The largest absolute Gasteiger partial charge is 0.461 e. The molecular weight excluding hydrogens is 316 g/mol. The van der Waals surface area contributed by atoms with Crippen molar-refractivity contribution >= 4 is 5.91 Å². The van der Waals surface area contributed by atoms with Gasteiger partial charge in [-0.2, -0.15) is 5.10 Å². The van der Waals surface area contributed by atoms with E-state index in [0.717, 1.165) is 12.2 Å². The van der Waals surface area contributed by atoms with E-state index < -0.39 is 0 Å². The maximum atomic E-state index is 12.3. The summed E-state index contributed by atoms with van der Waals surface area (Å²) in [6.07, 6.45) is 3.13. The Morgan fingerprint density at radius 2 is 2.20 bits per heavy atom. The van der Waals surface area contributed by atoms with E-state index in [-0.39, 0.29) is 11.8 Å². The van der Waals surface area contributed by atoms with Gasteiger partial charge in [0.05, 0.1) is 6.26 Å². The Morgan fingerprint density at radius 1 is 1.32 bits per heavy atom. The van der Waals surface area contributed by atoms with Crippen molar-refractivity contribution in [3.05, 3.63) is 59.6 Å². The number of hydrogen-bond acceptors (Lipinski definition) is 4. The van der Waals surface area contributed by atoms with Crippen LogP contribution in [0, 0.1) is 12.8 Å². The third-order valence-corrected chi connectivity index (χ3v) is 4.65. The number of aryl methyl sites for hydroxylation is 1. The Bertz CT molecular complexity index is 869. The fourth-order valence-corrected chi connectivity index (χ4v) is 3.19. The van der Waals surface area contributed by atoms with Crippen molar-refractivity contribution in [3.63, 3.8) is 0 Å².